The van der Waals surface area contributed by atoms with Crippen LogP contribution in [0.5, 0.6) is 17.2 Å². The normalized spacial score (nSPS) is 16.0. The molecule has 0 aliphatic carbocycles. The minimum Gasteiger partial charge on any atom is -0.497 e. The number of hydrogen-bond acceptors (Lipinski definition) is 7. The molecule has 1 unspecified atom stereocenters. The second kappa shape index (κ2) is 8.44. The minimum absolute atomic E-state index is 0.0549. The van der Waals surface area contributed by atoms with Crippen molar-refractivity contribution in [3.8, 4) is 28.7 Å². The maximum Gasteiger partial charge on any atom is 0.261 e. The van der Waals surface area contributed by atoms with Gasteiger partial charge in [-0.1, -0.05) is 23.4 Å². The Hall–Kier alpha value is -3.55. The van der Waals surface area contributed by atoms with Gasteiger partial charge in [-0.2, -0.15) is 4.98 Å². The van der Waals surface area contributed by atoms with Crippen LogP contribution < -0.4 is 14.2 Å². The summed E-state index contributed by atoms with van der Waals surface area (Å²) in [5.41, 5.74) is 1.64. The van der Waals surface area contributed by atoms with Crippen molar-refractivity contribution in [1.82, 2.24) is 15.0 Å². The molecule has 156 valence electrons. The van der Waals surface area contributed by atoms with Crippen LogP contribution in [-0.4, -0.2) is 48.8 Å². The van der Waals surface area contributed by atoms with Gasteiger partial charge < -0.3 is 23.6 Å². The molecule has 1 fully saturated rings. The number of benzene rings is 2. The van der Waals surface area contributed by atoms with E-state index in [1.165, 1.54) is 0 Å². The van der Waals surface area contributed by atoms with Crippen molar-refractivity contribution in [3.05, 3.63) is 53.9 Å². The van der Waals surface area contributed by atoms with Gasteiger partial charge in [0.05, 0.1) is 26.9 Å². The molecule has 1 aromatic heterocycles. The van der Waals surface area contributed by atoms with Gasteiger partial charge in [-0.05, 0) is 18.2 Å². The fraction of sp³-hybridized carbons (Fsp3) is 0.318. The third-order valence-electron chi connectivity index (χ3n) is 5.21. The number of likely N-dealkylation sites (tertiary alicyclic amines) is 1. The van der Waals surface area contributed by atoms with E-state index < -0.39 is 0 Å². The summed E-state index contributed by atoms with van der Waals surface area (Å²) < 4.78 is 21.5. The third kappa shape index (κ3) is 3.80. The summed E-state index contributed by atoms with van der Waals surface area (Å²) in [4.78, 5) is 18.9. The number of aromatic nitrogens is 2. The molecule has 0 radical (unpaired) electrons. The molecule has 2 heterocycles. The van der Waals surface area contributed by atoms with Crippen LogP contribution in [0, 0.1) is 0 Å². The zero-order valence-corrected chi connectivity index (χ0v) is 17.1. The Morgan fingerprint density at radius 1 is 1.07 bits per heavy atom. The Labute approximate surface area is 174 Å². The summed E-state index contributed by atoms with van der Waals surface area (Å²) in [6, 6.07) is 13.1. The van der Waals surface area contributed by atoms with E-state index in [9.17, 15) is 4.79 Å². The predicted octanol–water partition coefficient (Wildman–Crippen LogP) is 3.28. The Bertz CT molecular complexity index is 1050. The highest BCUT2D eigenvalue weighted by atomic mass is 16.5. The SMILES string of the molecule is COc1ccc(-c2nc(C3CC(=O)N(Cc4ccccc4OC)C3)no2)c(OC)c1. The van der Waals surface area contributed by atoms with Crippen molar-refractivity contribution in [1.29, 1.82) is 0 Å². The molecule has 4 rings (SSSR count). The highest BCUT2D eigenvalue weighted by Gasteiger charge is 2.34. The fourth-order valence-corrected chi connectivity index (χ4v) is 3.62. The lowest BCUT2D eigenvalue weighted by Gasteiger charge is -2.17. The van der Waals surface area contributed by atoms with E-state index in [4.69, 9.17) is 18.7 Å². The quantitative estimate of drug-likeness (QED) is 0.592. The molecule has 30 heavy (non-hydrogen) atoms. The standard InChI is InChI=1S/C22H23N3O5/c1-27-16-8-9-17(19(11-16)29-3)22-23-21(24-30-22)15-10-20(26)25(13-15)12-14-6-4-5-7-18(14)28-2/h4-9,11,15H,10,12-13H2,1-3H3. The van der Waals surface area contributed by atoms with Crippen LogP contribution in [-0.2, 0) is 11.3 Å². The molecule has 3 aromatic rings. The smallest absolute Gasteiger partial charge is 0.261 e. The number of rotatable bonds is 7. The predicted molar refractivity (Wildman–Crippen MR) is 109 cm³/mol. The van der Waals surface area contributed by atoms with Crippen LogP contribution in [0.1, 0.15) is 23.7 Å². The first-order valence-electron chi connectivity index (χ1n) is 9.58. The van der Waals surface area contributed by atoms with Crippen molar-refractivity contribution in [2.24, 2.45) is 0 Å². The average molecular weight is 409 g/mol. The van der Waals surface area contributed by atoms with Crippen molar-refractivity contribution in [2.45, 2.75) is 18.9 Å². The summed E-state index contributed by atoms with van der Waals surface area (Å²) in [6.45, 7) is 1.01. The lowest BCUT2D eigenvalue weighted by Crippen LogP contribution is -2.24. The molecule has 1 aliphatic rings. The van der Waals surface area contributed by atoms with E-state index in [0.29, 0.717) is 48.3 Å². The summed E-state index contributed by atoms with van der Waals surface area (Å²) in [5, 5.41) is 4.13. The zero-order valence-electron chi connectivity index (χ0n) is 17.1. The minimum atomic E-state index is -0.131. The lowest BCUT2D eigenvalue weighted by molar-refractivity contribution is -0.128. The lowest BCUT2D eigenvalue weighted by atomic mass is 10.1. The van der Waals surface area contributed by atoms with E-state index in [1.54, 1.807) is 38.4 Å². The maximum absolute atomic E-state index is 12.6. The van der Waals surface area contributed by atoms with Gasteiger partial charge in [0.2, 0.25) is 5.91 Å². The average Bonchev–Trinajstić information content (AvgIpc) is 3.41. The first-order valence-corrected chi connectivity index (χ1v) is 9.58. The number of methoxy groups -OCH3 is 3. The molecule has 1 amide bonds. The molecular formula is C22H23N3O5. The van der Waals surface area contributed by atoms with Gasteiger partial charge in [-0.25, -0.2) is 0 Å². The number of amides is 1. The highest BCUT2D eigenvalue weighted by molar-refractivity contribution is 5.79. The Kier molecular flexibility index (Phi) is 5.56. The monoisotopic (exact) mass is 409 g/mol. The van der Waals surface area contributed by atoms with Crippen LogP contribution in [0.3, 0.4) is 0 Å². The van der Waals surface area contributed by atoms with E-state index >= 15 is 0 Å². The van der Waals surface area contributed by atoms with Gasteiger partial charge in [0.25, 0.3) is 5.89 Å². The Morgan fingerprint density at radius 3 is 2.63 bits per heavy atom. The van der Waals surface area contributed by atoms with Crippen molar-refractivity contribution in [3.63, 3.8) is 0 Å². The van der Waals surface area contributed by atoms with Gasteiger partial charge >= 0.3 is 0 Å². The first kappa shape index (κ1) is 19.8. The molecule has 0 bridgehead atoms. The van der Waals surface area contributed by atoms with E-state index in [0.717, 1.165) is 11.3 Å². The van der Waals surface area contributed by atoms with Gasteiger partial charge in [0.15, 0.2) is 5.82 Å². The van der Waals surface area contributed by atoms with Gasteiger partial charge in [0.1, 0.15) is 17.2 Å². The van der Waals surface area contributed by atoms with Crippen molar-refractivity contribution < 1.29 is 23.5 Å². The molecule has 2 aromatic carbocycles. The number of hydrogen-bond donors (Lipinski definition) is 0. The number of ether oxygens (including phenoxy) is 3. The number of carbonyl (C=O) groups is 1. The van der Waals surface area contributed by atoms with Crippen LogP contribution in [0.4, 0.5) is 0 Å². The topological polar surface area (TPSA) is 86.9 Å². The molecule has 8 heteroatoms. The first-order chi connectivity index (χ1) is 14.6. The molecule has 0 spiro atoms. The van der Waals surface area contributed by atoms with Crippen LogP contribution in [0.2, 0.25) is 0 Å². The summed E-state index contributed by atoms with van der Waals surface area (Å²) in [7, 11) is 4.79. The molecule has 1 atom stereocenters. The fourth-order valence-electron chi connectivity index (χ4n) is 3.62. The van der Waals surface area contributed by atoms with E-state index in [2.05, 4.69) is 10.1 Å². The van der Waals surface area contributed by atoms with E-state index in [1.807, 2.05) is 30.3 Å². The highest BCUT2D eigenvalue weighted by Crippen LogP contribution is 2.34. The third-order valence-corrected chi connectivity index (χ3v) is 5.21. The van der Waals surface area contributed by atoms with Crippen LogP contribution >= 0.6 is 0 Å². The molecule has 1 aliphatic heterocycles. The van der Waals surface area contributed by atoms with E-state index in [-0.39, 0.29) is 11.8 Å². The number of para-hydroxylation sites is 1. The second-order valence-corrected chi connectivity index (χ2v) is 7.01. The number of nitrogens with zero attached hydrogens (tertiary/aromatic N) is 3. The van der Waals surface area contributed by atoms with Crippen LogP contribution in [0.25, 0.3) is 11.5 Å². The second-order valence-electron chi connectivity index (χ2n) is 7.01. The Morgan fingerprint density at radius 2 is 1.87 bits per heavy atom. The molecule has 8 nitrogen and oxygen atoms in total. The largest absolute Gasteiger partial charge is 0.497 e. The van der Waals surface area contributed by atoms with Gasteiger partial charge in [-0.15, -0.1) is 0 Å². The molecule has 1 saturated heterocycles. The van der Waals surface area contributed by atoms with Crippen molar-refractivity contribution >= 4 is 5.91 Å². The Balaban J connectivity index is 1.51. The maximum atomic E-state index is 12.6. The zero-order chi connectivity index (χ0) is 21.1. The summed E-state index contributed by atoms with van der Waals surface area (Å²) >= 11 is 0. The summed E-state index contributed by atoms with van der Waals surface area (Å²) in [6.07, 6.45) is 0.341. The van der Waals surface area contributed by atoms with Crippen molar-refractivity contribution in [2.75, 3.05) is 27.9 Å². The molecule has 0 N–H and O–H groups in total. The molecular weight excluding hydrogens is 386 g/mol. The van der Waals surface area contributed by atoms with Gasteiger partial charge in [-0.3, -0.25) is 4.79 Å². The number of carbonyl (C=O) groups excluding carboxylic acids is 1. The van der Waals surface area contributed by atoms with Crippen LogP contribution in [0.15, 0.2) is 47.0 Å². The molecule has 0 saturated carbocycles. The van der Waals surface area contributed by atoms with Gasteiger partial charge in [0, 0.05) is 37.1 Å². The summed E-state index contributed by atoms with van der Waals surface area (Å²) in [5.74, 6) is 2.79.